The van der Waals surface area contributed by atoms with Crippen LogP contribution in [0.5, 0.6) is 0 Å². The summed E-state index contributed by atoms with van der Waals surface area (Å²) in [5, 5.41) is 7.12. The smallest absolute Gasteiger partial charge is 0.0517 e. The molecule has 0 radical (unpaired) electrons. The number of allylic oxidation sites excluding steroid dienone is 1. The molecule has 166 valence electrons. The Morgan fingerprint density at radius 3 is 2.14 bits per heavy atom. The summed E-state index contributed by atoms with van der Waals surface area (Å²) in [5.41, 5.74) is 2.35. The summed E-state index contributed by atoms with van der Waals surface area (Å²) < 4.78 is 0. The number of hydrogen-bond donors (Lipinski definition) is 2. The Labute approximate surface area is 177 Å². The average molecular weight is 394 g/mol. The highest BCUT2D eigenvalue weighted by atomic mass is 15.2. The van der Waals surface area contributed by atoms with Crippen LogP contribution in [-0.4, -0.2) is 43.2 Å². The number of nitrogens with zero attached hydrogens (tertiary/aromatic N) is 1. The van der Waals surface area contributed by atoms with Crippen LogP contribution in [0.4, 0.5) is 0 Å². The maximum absolute atomic E-state index is 4.42. The molecular formula is C25H51N3. The minimum absolute atomic E-state index is 0.291. The molecule has 1 heterocycles. The van der Waals surface area contributed by atoms with E-state index < -0.39 is 0 Å². The van der Waals surface area contributed by atoms with Crippen molar-refractivity contribution in [1.82, 2.24) is 15.5 Å². The molecule has 2 N–H and O–H groups in total. The molecule has 0 bridgehead atoms. The molecule has 1 aliphatic rings. The normalized spacial score (nSPS) is 18.2. The molecule has 0 aromatic rings. The van der Waals surface area contributed by atoms with Crippen LogP contribution in [0, 0.1) is 11.8 Å². The van der Waals surface area contributed by atoms with Crippen LogP contribution in [0.1, 0.15) is 74.7 Å². The topological polar surface area (TPSA) is 27.3 Å². The Morgan fingerprint density at radius 2 is 1.71 bits per heavy atom. The second-order valence-corrected chi connectivity index (χ2v) is 7.62. The molecule has 1 rings (SSSR count). The van der Waals surface area contributed by atoms with Crippen LogP contribution in [-0.2, 0) is 0 Å². The largest absolute Gasteiger partial charge is 0.381 e. The van der Waals surface area contributed by atoms with Crippen molar-refractivity contribution in [3.63, 3.8) is 0 Å². The number of hydrogen-bond acceptors (Lipinski definition) is 3. The first-order valence-electron chi connectivity index (χ1n) is 11.5. The molecule has 3 unspecified atom stereocenters. The fraction of sp³-hybridized carbons (Fsp3) is 0.760. The molecule has 3 atom stereocenters. The van der Waals surface area contributed by atoms with E-state index in [-0.39, 0.29) is 0 Å². The van der Waals surface area contributed by atoms with Crippen molar-refractivity contribution < 1.29 is 0 Å². The maximum Gasteiger partial charge on any atom is 0.0517 e. The lowest BCUT2D eigenvalue weighted by Gasteiger charge is -2.37. The van der Waals surface area contributed by atoms with Gasteiger partial charge in [-0.1, -0.05) is 72.3 Å². The van der Waals surface area contributed by atoms with Crippen molar-refractivity contribution in [2.24, 2.45) is 11.8 Å². The Kier molecular flexibility index (Phi) is 18.7. The quantitative estimate of drug-likeness (QED) is 0.421. The number of rotatable bonds is 11. The summed E-state index contributed by atoms with van der Waals surface area (Å²) >= 11 is 0. The predicted octanol–water partition coefficient (Wildman–Crippen LogP) is 6.01. The molecule has 3 heteroatoms. The molecule has 3 nitrogen and oxygen atoms in total. The van der Waals surface area contributed by atoms with E-state index in [4.69, 9.17) is 0 Å². The SMILES string of the molecule is C=C(C)C(C)NC(=C)C(C(CC)CC)N1CCC(CNCC)C1.C=CC.CC. The Morgan fingerprint density at radius 1 is 1.18 bits per heavy atom. The van der Waals surface area contributed by atoms with Gasteiger partial charge >= 0.3 is 0 Å². The minimum Gasteiger partial charge on any atom is -0.381 e. The summed E-state index contributed by atoms with van der Waals surface area (Å²) in [6.45, 7) is 33.4. The van der Waals surface area contributed by atoms with E-state index in [9.17, 15) is 0 Å². The third-order valence-electron chi connectivity index (χ3n) is 5.39. The van der Waals surface area contributed by atoms with Crippen LogP contribution < -0.4 is 10.6 Å². The van der Waals surface area contributed by atoms with Crippen LogP contribution in [0.3, 0.4) is 0 Å². The van der Waals surface area contributed by atoms with Gasteiger partial charge in [-0.05, 0) is 58.7 Å². The monoisotopic (exact) mass is 393 g/mol. The number of likely N-dealkylation sites (tertiary alicyclic amines) is 1. The highest BCUT2D eigenvalue weighted by molar-refractivity contribution is 5.13. The van der Waals surface area contributed by atoms with Gasteiger partial charge < -0.3 is 10.6 Å². The molecule has 0 amide bonds. The van der Waals surface area contributed by atoms with Gasteiger partial charge in [-0.2, -0.15) is 0 Å². The van der Waals surface area contributed by atoms with Gasteiger partial charge in [-0.25, -0.2) is 0 Å². The Balaban J connectivity index is 0. The summed E-state index contributed by atoms with van der Waals surface area (Å²) in [5.74, 6) is 1.45. The summed E-state index contributed by atoms with van der Waals surface area (Å²) in [4.78, 5) is 2.67. The zero-order chi connectivity index (χ0) is 22.1. The van der Waals surface area contributed by atoms with Crippen molar-refractivity contribution in [2.45, 2.75) is 86.7 Å². The lowest BCUT2D eigenvalue weighted by Crippen LogP contribution is -2.46. The van der Waals surface area contributed by atoms with Crippen molar-refractivity contribution in [1.29, 1.82) is 0 Å². The van der Waals surface area contributed by atoms with E-state index in [1.807, 2.05) is 20.8 Å². The Hall–Kier alpha value is -1.06. The first-order valence-corrected chi connectivity index (χ1v) is 11.5. The standard InChI is InChI=1S/C20H39N3.C3H6.C2H6/c1-8-19(9-2)20(17(7)22-16(6)15(4)5)23-12-11-18(14-23)13-21-10-3;1-3-2;1-2/h16,18-22H,4,7-14H2,1-3,5-6H3;3H,1H2,2H3;1-2H3. The van der Waals surface area contributed by atoms with E-state index in [0.717, 1.165) is 19.0 Å². The minimum atomic E-state index is 0.291. The van der Waals surface area contributed by atoms with E-state index in [0.29, 0.717) is 18.0 Å². The molecule has 1 saturated heterocycles. The molecule has 1 aliphatic heterocycles. The summed E-state index contributed by atoms with van der Waals surface area (Å²) in [7, 11) is 0. The van der Waals surface area contributed by atoms with Crippen LogP contribution in [0.15, 0.2) is 37.1 Å². The lowest BCUT2D eigenvalue weighted by molar-refractivity contribution is 0.181. The molecular weight excluding hydrogens is 342 g/mol. The van der Waals surface area contributed by atoms with Crippen LogP contribution >= 0.6 is 0 Å². The van der Waals surface area contributed by atoms with Crippen molar-refractivity contribution in [3.8, 4) is 0 Å². The van der Waals surface area contributed by atoms with E-state index >= 15 is 0 Å². The molecule has 0 aromatic carbocycles. The van der Waals surface area contributed by atoms with E-state index in [1.165, 1.54) is 43.6 Å². The van der Waals surface area contributed by atoms with Gasteiger partial charge in [-0.15, -0.1) is 6.58 Å². The van der Waals surface area contributed by atoms with Crippen molar-refractivity contribution in [3.05, 3.63) is 37.1 Å². The lowest BCUT2D eigenvalue weighted by atomic mass is 9.90. The molecule has 1 fully saturated rings. The van der Waals surface area contributed by atoms with Gasteiger partial charge in [0.05, 0.1) is 6.04 Å². The molecule has 28 heavy (non-hydrogen) atoms. The summed E-state index contributed by atoms with van der Waals surface area (Å²) in [6, 6.07) is 0.734. The zero-order valence-electron chi connectivity index (χ0n) is 20.4. The van der Waals surface area contributed by atoms with Gasteiger partial charge in [-0.3, -0.25) is 4.90 Å². The molecule has 0 aliphatic carbocycles. The van der Waals surface area contributed by atoms with Crippen LogP contribution in [0.25, 0.3) is 0 Å². The fourth-order valence-electron chi connectivity index (χ4n) is 3.66. The van der Waals surface area contributed by atoms with Gasteiger partial charge in [0.25, 0.3) is 0 Å². The fourth-order valence-corrected chi connectivity index (χ4v) is 3.66. The highest BCUT2D eigenvalue weighted by Crippen LogP contribution is 2.29. The van der Waals surface area contributed by atoms with Crippen molar-refractivity contribution in [2.75, 3.05) is 26.2 Å². The van der Waals surface area contributed by atoms with E-state index in [2.05, 4.69) is 69.9 Å². The maximum atomic E-state index is 4.42. The third kappa shape index (κ3) is 11.1. The highest BCUT2D eigenvalue weighted by Gasteiger charge is 2.33. The molecule has 0 saturated carbocycles. The van der Waals surface area contributed by atoms with Gasteiger partial charge in [0.2, 0.25) is 0 Å². The Bertz CT molecular complexity index is 412. The first kappa shape index (κ1) is 29.1. The third-order valence-corrected chi connectivity index (χ3v) is 5.39. The van der Waals surface area contributed by atoms with Gasteiger partial charge in [0.1, 0.15) is 0 Å². The average Bonchev–Trinajstić information content (AvgIpc) is 3.14. The predicted molar refractivity (Wildman–Crippen MR) is 130 cm³/mol. The molecule has 0 spiro atoms. The zero-order valence-corrected chi connectivity index (χ0v) is 20.4. The second-order valence-electron chi connectivity index (χ2n) is 7.62. The first-order chi connectivity index (χ1) is 13.4. The van der Waals surface area contributed by atoms with Gasteiger partial charge in [0, 0.05) is 18.3 Å². The van der Waals surface area contributed by atoms with E-state index in [1.54, 1.807) is 6.08 Å². The molecule has 0 aromatic heterocycles. The van der Waals surface area contributed by atoms with Crippen LogP contribution in [0.2, 0.25) is 0 Å². The summed E-state index contributed by atoms with van der Waals surface area (Å²) in [6.07, 6.45) is 5.46. The second kappa shape index (κ2) is 18.0. The number of nitrogens with one attached hydrogen (secondary N) is 2. The van der Waals surface area contributed by atoms with Crippen molar-refractivity contribution >= 4 is 0 Å². The van der Waals surface area contributed by atoms with Gasteiger partial charge in [0.15, 0.2) is 0 Å².